The molecule has 3 nitrogen and oxygen atoms in total. The van der Waals surface area contributed by atoms with Crippen LogP contribution in [0, 0.1) is 0 Å². The van der Waals surface area contributed by atoms with E-state index in [1.165, 1.54) is 19.3 Å². The Labute approximate surface area is 141 Å². The number of benzene rings is 2. The van der Waals surface area contributed by atoms with Gasteiger partial charge in [-0.1, -0.05) is 79.9 Å². The highest BCUT2D eigenvalue weighted by Crippen LogP contribution is 2.34. The van der Waals surface area contributed by atoms with E-state index in [1.807, 2.05) is 60.7 Å². The number of nitrogens with zero attached hydrogens (tertiary/aromatic N) is 1. The van der Waals surface area contributed by atoms with Crippen molar-refractivity contribution in [1.29, 1.82) is 0 Å². The average molecular weight is 319 g/mol. The van der Waals surface area contributed by atoms with Crippen LogP contribution in [0.5, 0.6) is 0 Å². The minimum Gasteiger partial charge on any atom is -0.375 e. The predicted molar refractivity (Wildman–Crippen MR) is 96.0 cm³/mol. The molecule has 1 aliphatic carbocycles. The van der Waals surface area contributed by atoms with Gasteiger partial charge in [0.15, 0.2) is 5.76 Å². The van der Waals surface area contributed by atoms with Gasteiger partial charge in [-0.2, -0.15) is 4.74 Å². The van der Waals surface area contributed by atoms with Gasteiger partial charge in [0.05, 0.1) is 11.6 Å². The van der Waals surface area contributed by atoms with E-state index in [0.717, 1.165) is 24.0 Å². The molecule has 2 aromatic carbocycles. The predicted octanol–water partition coefficient (Wildman–Crippen LogP) is 5.28. The van der Waals surface area contributed by atoms with Crippen LogP contribution in [-0.2, 0) is 0 Å². The van der Waals surface area contributed by atoms with Crippen LogP contribution in [0.1, 0.15) is 38.1 Å². The molecular weight excluding hydrogens is 298 g/mol. The molecule has 0 atom stereocenters. The second-order valence-electron chi connectivity index (χ2n) is 6.45. The summed E-state index contributed by atoms with van der Waals surface area (Å²) in [6.07, 6.45) is 5.63. The maximum Gasteiger partial charge on any atom is 0.291 e. The number of hydrogen-bond donors (Lipinski definition) is 0. The van der Waals surface area contributed by atoms with Gasteiger partial charge < -0.3 is 4.52 Å². The molecule has 0 amide bonds. The van der Waals surface area contributed by atoms with Crippen LogP contribution in [-0.4, -0.2) is 4.74 Å². The fourth-order valence-electron chi connectivity index (χ4n) is 3.59. The van der Waals surface area contributed by atoms with E-state index in [4.69, 9.17) is 4.52 Å². The zero-order valence-corrected chi connectivity index (χ0v) is 13.7. The van der Waals surface area contributed by atoms with Gasteiger partial charge in [-0.15, -0.1) is 0 Å². The minimum absolute atomic E-state index is 0.00745. The van der Waals surface area contributed by atoms with Crippen LogP contribution >= 0.6 is 0 Å². The molecule has 1 saturated carbocycles. The molecule has 1 heterocycles. The van der Waals surface area contributed by atoms with Crippen molar-refractivity contribution in [2.75, 3.05) is 0 Å². The summed E-state index contributed by atoms with van der Waals surface area (Å²) in [5.41, 5.74) is 2.53. The zero-order chi connectivity index (χ0) is 16.4. The van der Waals surface area contributed by atoms with Crippen molar-refractivity contribution in [3.63, 3.8) is 0 Å². The fourth-order valence-corrected chi connectivity index (χ4v) is 3.59. The first kappa shape index (κ1) is 15.0. The summed E-state index contributed by atoms with van der Waals surface area (Å²) in [6.45, 7) is 0. The topological polar surface area (TPSA) is 35.1 Å². The van der Waals surface area contributed by atoms with Crippen molar-refractivity contribution < 1.29 is 4.52 Å². The molecule has 3 aromatic rings. The van der Waals surface area contributed by atoms with E-state index < -0.39 is 0 Å². The van der Waals surface area contributed by atoms with E-state index in [1.54, 1.807) is 4.74 Å². The molecule has 3 heteroatoms. The quantitative estimate of drug-likeness (QED) is 0.658. The van der Waals surface area contributed by atoms with Gasteiger partial charge in [-0.05, 0) is 18.4 Å². The molecule has 24 heavy (non-hydrogen) atoms. The van der Waals surface area contributed by atoms with Gasteiger partial charge in [-0.25, -0.2) is 0 Å². The summed E-state index contributed by atoms with van der Waals surface area (Å²) in [5, 5.41) is 0. The van der Waals surface area contributed by atoms with Crippen LogP contribution in [0.15, 0.2) is 70.0 Å². The summed E-state index contributed by atoms with van der Waals surface area (Å²) in [6, 6.07) is 19.9. The molecule has 0 radical (unpaired) electrons. The number of aromatic nitrogens is 1. The third-order valence-corrected chi connectivity index (χ3v) is 4.84. The Kier molecular flexibility index (Phi) is 4.08. The lowest BCUT2D eigenvalue weighted by molar-refractivity contribution is 0.179. The average Bonchev–Trinajstić information content (AvgIpc) is 3.01. The van der Waals surface area contributed by atoms with Crippen LogP contribution in [0.2, 0.25) is 0 Å². The molecule has 0 spiro atoms. The smallest absolute Gasteiger partial charge is 0.291 e. The van der Waals surface area contributed by atoms with E-state index in [-0.39, 0.29) is 11.6 Å². The Hall–Kier alpha value is -2.55. The lowest BCUT2D eigenvalue weighted by Gasteiger charge is -2.20. The molecule has 0 unspecified atom stereocenters. The molecule has 1 fully saturated rings. The second-order valence-corrected chi connectivity index (χ2v) is 6.45. The van der Waals surface area contributed by atoms with Gasteiger partial charge >= 0.3 is 0 Å². The highest BCUT2D eigenvalue weighted by molar-refractivity contribution is 5.78. The summed E-state index contributed by atoms with van der Waals surface area (Å²) in [5.74, 6) is 0.678. The van der Waals surface area contributed by atoms with Crippen LogP contribution < -0.4 is 5.56 Å². The molecule has 4 rings (SSSR count). The van der Waals surface area contributed by atoms with Gasteiger partial charge in [-0.3, -0.25) is 4.79 Å². The molecule has 1 aliphatic rings. The highest BCUT2D eigenvalue weighted by atomic mass is 16.5. The molecule has 0 aliphatic heterocycles. The van der Waals surface area contributed by atoms with Crippen LogP contribution in [0.3, 0.4) is 0 Å². The van der Waals surface area contributed by atoms with Crippen molar-refractivity contribution in [1.82, 2.24) is 4.74 Å². The number of rotatable bonds is 3. The summed E-state index contributed by atoms with van der Waals surface area (Å²) in [4.78, 5) is 13.1. The van der Waals surface area contributed by atoms with Crippen LogP contribution in [0.25, 0.3) is 22.5 Å². The highest BCUT2D eigenvalue weighted by Gasteiger charge is 2.25. The molecular formula is C21H21NO2. The first-order valence-corrected chi connectivity index (χ1v) is 8.71. The Morgan fingerprint density at radius 2 is 1.38 bits per heavy atom. The van der Waals surface area contributed by atoms with Crippen LogP contribution in [0.4, 0.5) is 0 Å². The van der Waals surface area contributed by atoms with E-state index in [9.17, 15) is 4.79 Å². The lowest BCUT2D eigenvalue weighted by atomic mass is 9.95. The Bertz CT molecular complexity index is 856. The summed E-state index contributed by atoms with van der Waals surface area (Å²) >= 11 is 0. The minimum atomic E-state index is -0.00745. The zero-order valence-electron chi connectivity index (χ0n) is 13.7. The van der Waals surface area contributed by atoms with Crippen molar-refractivity contribution in [2.24, 2.45) is 0 Å². The van der Waals surface area contributed by atoms with E-state index >= 15 is 0 Å². The van der Waals surface area contributed by atoms with Crippen molar-refractivity contribution >= 4 is 0 Å². The molecule has 0 bridgehead atoms. The Morgan fingerprint density at radius 3 is 2.00 bits per heavy atom. The number of hydrogen-bond acceptors (Lipinski definition) is 2. The summed E-state index contributed by atoms with van der Waals surface area (Å²) in [7, 11) is 0. The summed E-state index contributed by atoms with van der Waals surface area (Å²) < 4.78 is 7.76. The van der Waals surface area contributed by atoms with Gasteiger partial charge in [0.2, 0.25) is 0 Å². The maximum atomic E-state index is 13.1. The van der Waals surface area contributed by atoms with E-state index in [0.29, 0.717) is 11.3 Å². The third-order valence-electron chi connectivity index (χ3n) is 4.84. The normalized spacial score (nSPS) is 15.5. The maximum absolute atomic E-state index is 13.1. The molecule has 122 valence electrons. The van der Waals surface area contributed by atoms with Gasteiger partial charge in [0, 0.05) is 5.56 Å². The van der Waals surface area contributed by atoms with Gasteiger partial charge in [0.1, 0.15) is 0 Å². The first-order chi connectivity index (χ1) is 11.8. The Balaban J connectivity index is 1.90. The molecule has 0 N–H and O–H groups in total. The van der Waals surface area contributed by atoms with E-state index in [2.05, 4.69) is 0 Å². The standard InChI is InChI=1S/C21H21NO2/c23-21-19(16-10-4-1-5-11-16)20(17-12-6-2-7-13-17)24-22(21)18-14-8-3-9-15-18/h1-2,4-7,10-13,18H,3,8-9,14-15H2. The van der Waals surface area contributed by atoms with Crippen molar-refractivity contribution in [3.05, 3.63) is 71.0 Å². The van der Waals surface area contributed by atoms with Gasteiger partial charge in [0.25, 0.3) is 5.56 Å². The monoisotopic (exact) mass is 319 g/mol. The fraction of sp³-hybridized carbons (Fsp3) is 0.286. The first-order valence-electron chi connectivity index (χ1n) is 8.71. The van der Waals surface area contributed by atoms with Crippen molar-refractivity contribution in [2.45, 2.75) is 38.1 Å². The van der Waals surface area contributed by atoms with Crippen molar-refractivity contribution in [3.8, 4) is 22.5 Å². The Morgan fingerprint density at radius 1 is 0.792 bits per heavy atom. The molecule has 1 aromatic heterocycles. The largest absolute Gasteiger partial charge is 0.375 e. The lowest BCUT2D eigenvalue weighted by Crippen LogP contribution is -2.23. The molecule has 0 saturated heterocycles. The second kappa shape index (κ2) is 6.52. The third kappa shape index (κ3) is 2.71. The SMILES string of the molecule is O=c1c(-c2ccccc2)c(-c2ccccc2)on1C1CCCCC1.